The van der Waals surface area contributed by atoms with Crippen molar-refractivity contribution in [3.8, 4) is 0 Å². The molecule has 0 aliphatic heterocycles. The highest BCUT2D eigenvalue weighted by Crippen LogP contribution is 2.13. The van der Waals surface area contributed by atoms with E-state index in [-0.39, 0.29) is 16.8 Å². The van der Waals surface area contributed by atoms with Gasteiger partial charge < -0.3 is 16.2 Å². The number of thioether (sulfide) groups is 1. The largest absolute Gasteiger partial charge is 0.490 e. The molecule has 4 N–H and O–H groups in total. The summed E-state index contributed by atoms with van der Waals surface area (Å²) in [7, 11) is 0. The molecule has 22 heavy (non-hydrogen) atoms. The van der Waals surface area contributed by atoms with Gasteiger partial charge in [0.1, 0.15) is 0 Å². The van der Waals surface area contributed by atoms with Crippen LogP contribution in [0.4, 0.5) is 13.2 Å². The lowest BCUT2D eigenvalue weighted by Crippen LogP contribution is -2.26. The Labute approximate surface area is 131 Å². The number of carboxylic acid groups (broad SMARTS) is 1. The number of carbonyl (C=O) groups is 3. The summed E-state index contributed by atoms with van der Waals surface area (Å²) < 4.78 is 31.7. The number of unbranched alkanes of at least 4 members (excludes halogenated alkanes) is 3. The molecular formula is C12H21F3N2O4S. The van der Waals surface area contributed by atoms with E-state index in [0.29, 0.717) is 6.54 Å². The average Bonchev–Trinajstić information content (AvgIpc) is 2.40. The highest BCUT2D eigenvalue weighted by molar-refractivity contribution is 8.14. The number of halogens is 3. The lowest BCUT2D eigenvalue weighted by molar-refractivity contribution is -0.192. The summed E-state index contributed by atoms with van der Waals surface area (Å²) in [6, 6.07) is 0. The van der Waals surface area contributed by atoms with Crippen LogP contribution in [0.2, 0.25) is 0 Å². The van der Waals surface area contributed by atoms with Crippen molar-refractivity contribution in [3.63, 3.8) is 0 Å². The maximum absolute atomic E-state index is 11.1. The summed E-state index contributed by atoms with van der Waals surface area (Å²) in [6.45, 7) is 2.90. The third-order valence-corrected chi connectivity index (χ3v) is 2.92. The van der Waals surface area contributed by atoms with Crippen molar-refractivity contribution in [2.75, 3.05) is 18.8 Å². The summed E-state index contributed by atoms with van der Waals surface area (Å²) in [5.41, 5.74) is 5.35. The number of rotatable bonds is 8. The van der Waals surface area contributed by atoms with Crippen LogP contribution in [0, 0.1) is 0 Å². The van der Waals surface area contributed by atoms with E-state index in [4.69, 9.17) is 15.6 Å². The Morgan fingerprint density at radius 2 is 1.64 bits per heavy atom. The van der Waals surface area contributed by atoms with Crippen LogP contribution in [-0.4, -0.2) is 47.1 Å². The molecule has 0 aromatic rings. The van der Waals surface area contributed by atoms with Crippen LogP contribution in [-0.2, 0) is 14.4 Å². The van der Waals surface area contributed by atoms with Gasteiger partial charge in [-0.15, -0.1) is 0 Å². The molecule has 0 heterocycles. The molecule has 10 heteroatoms. The second kappa shape index (κ2) is 13.4. The lowest BCUT2D eigenvalue weighted by Gasteiger charge is -2.03. The maximum atomic E-state index is 11.1. The highest BCUT2D eigenvalue weighted by Gasteiger charge is 2.38. The molecule has 0 unspecified atom stereocenters. The van der Waals surface area contributed by atoms with Gasteiger partial charge in [-0.1, -0.05) is 24.6 Å². The zero-order valence-electron chi connectivity index (χ0n) is 12.2. The van der Waals surface area contributed by atoms with Crippen LogP contribution < -0.4 is 11.1 Å². The summed E-state index contributed by atoms with van der Waals surface area (Å²) in [5.74, 6) is -2.58. The van der Waals surface area contributed by atoms with Crippen molar-refractivity contribution in [2.45, 2.75) is 38.8 Å². The van der Waals surface area contributed by atoms with Crippen molar-refractivity contribution in [2.24, 2.45) is 5.73 Å². The van der Waals surface area contributed by atoms with E-state index < -0.39 is 12.1 Å². The zero-order chi connectivity index (χ0) is 17.6. The number of carboxylic acids is 1. The van der Waals surface area contributed by atoms with Crippen LogP contribution in [0.3, 0.4) is 0 Å². The number of alkyl halides is 3. The van der Waals surface area contributed by atoms with Crippen molar-refractivity contribution < 1.29 is 32.7 Å². The molecule has 0 aliphatic rings. The van der Waals surface area contributed by atoms with Crippen molar-refractivity contribution >= 4 is 28.8 Å². The molecule has 0 saturated carbocycles. The Morgan fingerprint density at radius 1 is 1.14 bits per heavy atom. The van der Waals surface area contributed by atoms with Gasteiger partial charge in [0.15, 0.2) is 5.12 Å². The molecule has 1 amide bonds. The first kappa shape index (κ1) is 23.0. The Morgan fingerprint density at radius 3 is 2.05 bits per heavy atom. The molecule has 0 aliphatic carbocycles. The topological polar surface area (TPSA) is 109 Å². The molecule has 0 bridgehead atoms. The monoisotopic (exact) mass is 346 g/mol. The summed E-state index contributed by atoms with van der Waals surface area (Å²) >= 11 is 1.04. The van der Waals surface area contributed by atoms with E-state index in [1.807, 2.05) is 0 Å². The molecule has 0 spiro atoms. The third kappa shape index (κ3) is 18.7. The number of hydrogen-bond acceptors (Lipinski definition) is 5. The average molecular weight is 346 g/mol. The highest BCUT2D eigenvalue weighted by atomic mass is 32.2. The first-order valence-corrected chi connectivity index (χ1v) is 7.50. The molecular weight excluding hydrogens is 325 g/mol. The first-order valence-electron chi connectivity index (χ1n) is 6.51. The number of hydrogen-bond donors (Lipinski definition) is 3. The SMILES string of the molecule is CC(=O)SCC(=O)NCCCCCCN.O=C(O)C(F)(F)F. The fraction of sp³-hybridized carbons (Fsp3) is 0.750. The molecule has 0 fully saturated rings. The van der Waals surface area contributed by atoms with Gasteiger partial charge in [-0.25, -0.2) is 4.79 Å². The lowest BCUT2D eigenvalue weighted by atomic mass is 10.2. The smallest absolute Gasteiger partial charge is 0.475 e. The van der Waals surface area contributed by atoms with Gasteiger partial charge in [-0.2, -0.15) is 13.2 Å². The number of amides is 1. The molecule has 0 aromatic heterocycles. The van der Waals surface area contributed by atoms with Crippen LogP contribution >= 0.6 is 11.8 Å². The van der Waals surface area contributed by atoms with Gasteiger partial charge in [0, 0.05) is 13.5 Å². The molecule has 0 atom stereocenters. The minimum atomic E-state index is -5.08. The predicted octanol–water partition coefficient (Wildman–Crippen LogP) is 1.53. The van der Waals surface area contributed by atoms with Gasteiger partial charge in [-0.3, -0.25) is 9.59 Å². The number of nitrogens with one attached hydrogen (secondary N) is 1. The Hall–Kier alpha value is -1.29. The van der Waals surface area contributed by atoms with Crippen molar-refractivity contribution in [3.05, 3.63) is 0 Å². The predicted molar refractivity (Wildman–Crippen MR) is 77.4 cm³/mol. The van der Waals surface area contributed by atoms with E-state index in [0.717, 1.165) is 44.0 Å². The normalized spacial score (nSPS) is 10.4. The summed E-state index contributed by atoms with van der Waals surface area (Å²) in [6.07, 6.45) is -0.837. The molecule has 0 rings (SSSR count). The molecule has 0 radical (unpaired) electrons. The quantitative estimate of drug-likeness (QED) is 0.575. The second-order valence-electron chi connectivity index (χ2n) is 4.14. The van der Waals surface area contributed by atoms with Gasteiger partial charge >= 0.3 is 12.1 Å². The molecule has 0 saturated heterocycles. The van der Waals surface area contributed by atoms with Gasteiger partial charge in [-0.05, 0) is 19.4 Å². The van der Waals surface area contributed by atoms with Gasteiger partial charge in [0.05, 0.1) is 5.75 Å². The molecule has 0 aromatic carbocycles. The Bertz CT molecular complexity index is 352. The van der Waals surface area contributed by atoms with Crippen molar-refractivity contribution in [1.29, 1.82) is 0 Å². The number of carbonyl (C=O) groups excluding carboxylic acids is 2. The Balaban J connectivity index is 0. The standard InChI is InChI=1S/C10H20N2O2S.C2HF3O2/c1-9(13)15-8-10(14)12-7-5-3-2-4-6-11;3-2(4,5)1(6)7/h2-8,11H2,1H3,(H,12,14);(H,6,7). The van der Waals surface area contributed by atoms with Crippen molar-refractivity contribution in [1.82, 2.24) is 5.32 Å². The van der Waals surface area contributed by atoms with E-state index in [9.17, 15) is 22.8 Å². The second-order valence-corrected chi connectivity index (χ2v) is 5.29. The number of aliphatic carboxylic acids is 1. The van der Waals surface area contributed by atoms with Crippen LogP contribution in [0.25, 0.3) is 0 Å². The minimum absolute atomic E-state index is 0.0203. The summed E-state index contributed by atoms with van der Waals surface area (Å²) in [5, 5.41) is 9.88. The van der Waals surface area contributed by atoms with Gasteiger partial charge in [0.25, 0.3) is 0 Å². The van der Waals surface area contributed by atoms with E-state index in [2.05, 4.69) is 5.32 Å². The zero-order valence-corrected chi connectivity index (χ0v) is 13.1. The fourth-order valence-corrected chi connectivity index (χ4v) is 1.51. The fourth-order valence-electron chi connectivity index (χ4n) is 1.07. The van der Waals surface area contributed by atoms with E-state index >= 15 is 0 Å². The maximum Gasteiger partial charge on any atom is 0.490 e. The number of nitrogens with two attached hydrogens (primary N) is 1. The first-order chi connectivity index (χ1) is 10.1. The van der Waals surface area contributed by atoms with Gasteiger partial charge in [0.2, 0.25) is 5.91 Å². The van der Waals surface area contributed by atoms with E-state index in [1.165, 1.54) is 6.92 Å². The van der Waals surface area contributed by atoms with Crippen LogP contribution in [0.15, 0.2) is 0 Å². The third-order valence-electron chi connectivity index (χ3n) is 2.10. The Kier molecular flexibility index (Phi) is 14.0. The van der Waals surface area contributed by atoms with Crippen LogP contribution in [0.1, 0.15) is 32.6 Å². The van der Waals surface area contributed by atoms with Crippen LogP contribution in [0.5, 0.6) is 0 Å². The van der Waals surface area contributed by atoms with E-state index in [1.54, 1.807) is 0 Å². The molecule has 6 nitrogen and oxygen atoms in total. The molecule has 130 valence electrons. The summed E-state index contributed by atoms with van der Waals surface area (Å²) in [4.78, 5) is 30.6. The minimum Gasteiger partial charge on any atom is -0.475 e.